The molecule has 0 spiro atoms. The first-order chi connectivity index (χ1) is 11.3. The first-order valence-electron chi connectivity index (χ1n) is 10.4. The summed E-state index contributed by atoms with van der Waals surface area (Å²) >= 11 is 0. The zero-order valence-electron chi connectivity index (χ0n) is 15.8. The van der Waals surface area contributed by atoms with Crippen LogP contribution < -0.4 is 5.73 Å². The average Bonchev–Trinajstić information content (AvgIpc) is 2.87. The second kappa shape index (κ2) is 5.44. The highest BCUT2D eigenvalue weighted by Crippen LogP contribution is 2.68. The van der Waals surface area contributed by atoms with Crippen LogP contribution in [0.4, 0.5) is 0 Å². The monoisotopic (exact) mass is 335 g/mol. The minimum atomic E-state index is -0.970. The maximum atomic E-state index is 11.5. The highest BCUT2D eigenvalue weighted by molar-refractivity contribution is 5.17. The van der Waals surface area contributed by atoms with E-state index < -0.39 is 11.7 Å². The Hall–Kier alpha value is -0.120. The van der Waals surface area contributed by atoms with Crippen LogP contribution in [0.3, 0.4) is 0 Å². The molecule has 0 amide bonds. The summed E-state index contributed by atoms with van der Waals surface area (Å²) in [5.74, 6) is 2.75. The van der Waals surface area contributed by atoms with Crippen LogP contribution in [-0.4, -0.2) is 28.0 Å². The maximum absolute atomic E-state index is 11.5. The van der Waals surface area contributed by atoms with E-state index in [-0.39, 0.29) is 11.5 Å². The van der Waals surface area contributed by atoms with Gasteiger partial charge in [-0.25, -0.2) is 0 Å². The highest BCUT2D eigenvalue weighted by atomic mass is 16.3. The molecule has 0 saturated heterocycles. The van der Waals surface area contributed by atoms with Gasteiger partial charge < -0.3 is 15.9 Å². The molecule has 3 heteroatoms. The van der Waals surface area contributed by atoms with E-state index in [0.29, 0.717) is 23.7 Å². The predicted octanol–water partition coefficient (Wildman–Crippen LogP) is 3.47. The lowest BCUT2D eigenvalue weighted by Gasteiger charge is -2.65. The zero-order valence-corrected chi connectivity index (χ0v) is 15.8. The molecule has 0 bridgehead atoms. The van der Waals surface area contributed by atoms with Crippen molar-refractivity contribution in [2.75, 3.05) is 0 Å². The Labute approximate surface area is 147 Å². The van der Waals surface area contributed by atoms with E-state index in [2.05, 4.69) is 20.8 Å². The molecule has 24 heavy (non-hydrogen) atoms. The van der Waals surface area contributed by atoms with Crippen molar-refractivity contribution in [2.45, 2.75) is 96.3 Å². The molecule has 4 fully saturated rings. The van der Waals surface area contributed by atoms with Crippen LogP contribution in [0, 0.1) is 34.5 Å². The van der Waals surface area contributed by atoms with Crippen LogP contribution in [0.25, 0.3) is 0 Å². The molecule has 138 valence electrons. The summed E-state index contributed by atoms with van der Waals surface area (Å²) in [4.78, 5) is 0. The molecule has 4 saturated carbocycles. The van der Waals surface area contributed by atoms with Crippen LogP contribution in [-0.2, 0) is 0 Å². The number of aliphatic hydroxyl groups is 2. The van der Waals surface area contributed by atoms with Crippen LogP contribution in [0.1, 0.15) is 78.6 Å². The van der Waals surface area contributed by atoms with Gasteiger partial charge in [0.2, 0.25) is 0 Å². The van der Waals surface area contributed by atoms with Gasteiger partial charge in [0.15, 0.2) is 0 Å². The van der Waals surface area contributed by atoms with Gasteiger partial charge in [-0.2, -0.15) is 0 Å². The SMILES string of the molecule is CC[C@H]1CC[C@H]2[C@@H]3C[C@@H](O)[C@@]4(O)C[C@H](N)CC[C@]4(C)[C@H]3CC[C@]12C. The quantitative estimate of drug-likeness (QED) is 0.687. The van der Waals surface area contributed by atoms with E-state index in [9.17, 15) is 10.2 Å². The molecule has 4 aliphatic rings. The summed E-state index contributed by atoms with van der Waals surface area (Å²) in [6.45, 7) is 7.15. The van der Waals surface area contributed by atoms with Crippen LogP contribution in [0.5, 0.6) is 0 Å². The molecular formula is C21H37NO2. The molecule has 0 aliphatic heterocycles. The molecular weight excluding hydrogens is 298 g/mol. The van der Waals surface area contributed by atoms with Gasteiger partial charge >= 0.3 is 0 Å². The lowest BCUT2D eigenvalue weighted by Crippen LogP contribution is -2.69. The molecule has 4 aliphatic carbocycles. The zero-order chi connectivity index (χ0) is 17.3. The van der Waals surface area contributed by atoms with E-state index >= 15 is 0 Å². The number of hydrogen-bond acceptors (Lipinski definition) is 3. The predicted molar refractivity (Wildman–Crippen MR) is 96.3 cm³/mol. The first-order valence-corrected chi connectivity index (χ1v) is 10.4. The number of fused-ring (bicyclic) bond motifs is 5. The summed E-state index contributed by atoms with van der Waals surface area (Å²) < 4.78 is 0. The standard InChI is InChI=1S/C21H37NO2/c1-4-13-5-6-16-15-11-18(23)21(24)12-14(22)7-10-20(21,3)17(15)8-9-19(13,16)2/h13-18,23-24H,4-12,22H2,1-3H3/t13-,14+,15-,16-,17-,18+,19+,20+,21-/m0/s1. The van der Waals surface area contributed by atoms with Crippen molar-refractivity contribution in [3.8, 4) is 0 Å². The normalized spacial score (nSPS) is 60.2. The Morgan fingerprint density at radius 2 is 1.79 bits per heavy atom. The Morgan fingerprint density at radius 3 is 2.50 bits per heavy atom. The molecule has 0 aromatic heterocycles. The van der Waals surface area contributed by atoms with E-state index in [4.69, 9.17) is 5.73 Å². The van der Waals surface area contributed by atoms with E-state index in [0.717, 1.165) is 31.1 Å². The van der Waals surface area contributed by atoms with Crippen LogP contribution in [0.15, 0.2) is 0 Å². The molecule has 0 aromatic rings. The molecule has 0 unspecified atom stereocenters. The minimum absolute atomic E-state index is 0.0408. The fraction of sp³-hybridized carbons (Fsp3) is 1.00. The molecule has 9 atom stereocenters. The average molecular weight is 336 g/mol. The van der Waals surface area contributed by atoms with Gasteiger partial charge in [-0.15, -0.1) is 0 Å². The van der Waals surface area contributed by atoms with Crippen molar-refractivity contribution in [1.29, 1.82) is 0 Å². The second-order valence-corrected chi connectivity index (χ2v) is 10.2. The van der Waals surface area contributed by atoms with E-state index in [1.165, 1.54) is 32.1 Å². The Morgan fingerprint density at radius 1 is 1.04 bits per heavy atom. The topological polar surface area (TPSA) is 66.5 Å². The summed E-state index contributed by atoms with van der Waals surface area (Å²) in [5, 5.41) is 22.5. The molecule has 0 aromatic carbocycles. The van der Waals surface area contributed by atoms with Crippen LogP contribution >= 0.6 is 0 Å². The largest absolute Gasteiger partial charge is 0.390 e. The highest BCUT2D eigenvalue weighted by Gasteiger charge is 2.66. The fourth-order valence-electron chi connectivity index (χ4n) is 8.10. The third-order valence-electron chi connectivity index (χ3n) is 9.59. The third kappa shape index (κ3) is 2.01. The smallest absolute Gasteiger partial charge is 0.0976 e. The number of rotatable bonds is 1. The number of hydrogen-bond donors (Lipinski definition) is 3. The van der Waals surface area contributed by atoms with E-state index in [1.54, 1.807) is 0 Å². The summed E-state index contributed by atoms with van der Waals surface area (Å²) in [6, 6.07) is 0.0408. The second-order valence-electron chi connectivity index (χ2n) is 10.2. The van der Waals surface area contributed by atoms with Gasteiger partial charge in [0.25, 0.3) is 0 Å². The third-order valence-corrected chi connectivity index (χ3v) is 9.59. The lowest BCUT2D eigenvalue weighted by atomic mass is 9.42. The van der Waals surface area contributed by atoms with Crippen molar-refractivity contribution in [3.63, 3.8) is 0 Å². The molecule has 4 N–H and O–H groups in total. The molecule has 4 rings (SSSR count). The van der Waals surface area contributed by atoms with Crippen molar-refractivity contribution in [3.05, 3.63) is 0 Å². The van der Waals surface area contributed by atoms with Gasteiger partial charge in [0, 0.05) is 11.5 Å². The van der Waals surface area contributed by atoms with Crippen molar-refractivity contribution in [1.82, 2.24) is 0 Å². The molecule has 0 radical (unpaired) electrons. The lowest BCUT2D eigenvalue weighted by molar-refractivity contribution is -0.254. The maximum Gasteiger partial charge on any atom is 0.0976 e. The molecule has 3 nitrogen and oxygen atoms in total. The first kappa shape index (κ1) is 17.3. The number of aliphatic hydroxyl groups excluding tert-OH is 1. The Bertz CT molecular complexity index is 510. The van der Waals surface area contributed by atoms with Gasteiger partial charge in [0.1, 0.15) is 0 Å². The Kier molecular flexibility index (Phi) is 3.92. The fourth-order valence-corrected chi connectivity index (χ4v) is 8.10. The van der Waals surface area contributed by atoms with Crippen molar-refractivity contribution < 1.29 is 10.2 Å². The summed E-state index contributed by atoms with van der Waals surface area (Å²) in [7, 11) is 0. The Balaban J connectivity index is 1.69. The van der Waals surface area contributed by atoms with Crippen molar-refractivity contribution >= 4 is 0 Å². The van der Waals surface area contributed by atoms with Gasteiger partial charge in [-0.05, 0) is 80.5 Å². The molecule has 0 heterocycles. The van der Waals surface area contributed by atoms with E-state index in [1.807, 2.05) is 0 Å². The minimum Gasteiger partial charge on any atom is -0.390 e. The number of nitrogens with two attached hydrogens (primary N) is 1. The summed E-state index contributed by atoms with van der Waals surface area (Å²) in [6.07, 6.45) is 9.27. The summed E-state index contributed by atoms with van der Waals surface area (Å²) in [5.41, 5.74) is 5.53. The van der Waals surface area contributed by atoms with Crippen LogP contribution in [0.2, 0.25) is 0 Å². The van der Waals surface area contributed by atoms with Gasteiger partial charge in [-0.1, -0.05) is 27.2 Å². The van der Waals surface area contributed by atoms with Gasteiger partial charge in [-0.3, -0.25) is 0 Å². The van der Waals surface area contributed by atoms with Crippen molar-refractivity contribution in [2.24, 2.45) is 40.2 Å². The van der Waals surface area contributed by atoms with Gasteiger partial charge in [0.05, 0.1) is 11.7 Å².